The topological polar surface area (TPSA) is 93.8 Å². The zero-order valence-electron chi connectivity index (χ0n) is 19.0. The lowest BCUT2D eigenvalue weighted by Crippen LogP contribution is -2.56. The first kappa shape index (κ1) is 21.2. The molecule has 0 bridgehead atoms. The van der Waals surface area contributed by atoms with Gasteiger partial charge in [-0.15, -0.1) is 0 Å². The molecule has 2 unspecified atom stereocenters. The van der Waals surface area contributed by atoms with E-state index in [1.807, 2.05) is 62.1 Å². The molecule has 3 aromatic rings. The number of amides is 1. The number of carbonyl (C=O) groups excluding carboxylic acids is 1. The Morgan fingerprint density at radius 3 is 2.39 bits per heavy atom. The maximum absolute atomic E-state index is 13.1. The third-order valence-electron chi connectivity index (χ3n) is 5.94. The standard InChI is InChI=1S/C24H27N5O4/c1-15(2)23-26-22(27-33-23)17-8-9-20(25-14-17)28-10-12-29(13-11-28)24(30)21-16(3)31-18-6-4-5-7-19(18)32-21/h4-9,14-16,21H,10-13H2,1-3H3. The van der Waals surface area contributed by atoms with E-state index in [2.05, 4.69) is 20.0 Å². The van der Waals surface area contributed by atoms with Gasteiger partial charge in [-0.2, -0.15) is 4.98 Å². The average molecular weight is 450 g/mol. The maximum atomic E-state index is 13.1. The number of pyridine rings is 1. The van der Waals surface area contributed by atoms with Crippen LogP contribution >= 0.6 is 0 Å². The van der Waals surface area contributed by atoms with E-state index < -0.39 is 6.10 Å². The van der Waals surface area contributed by atoms with E-state index in [9.17, 15) is 4.79 Å². The van der Waals surface area contributed by atoms with Crippen LogP contribution in [-0.2, 0) is 4.79 Å². The molecule has 0 spiro atoms. The molecule has 1 saturated heterocycles. The second-order valence-corrected chi connectivity index (χ2v) is 8.64. The third-order valence-corrected chi connectivity index (χ3v) is 5.94. The average Bonchev–Trinajstić information content (AvgIpc) is 3.34. The van der Waals surface area contributed by atoms with Crippen molar-refractivity contribution in [3.05, 3.63) is 48.5 Å². The van der Waals surface area contributed by atoms with Crippen molar-refractivity contribution in [1.82, 2.24) is 20.0 Å². The lowest BCUT2D eigenvalue weighted by molar-refractivity contribution is -0.144. The highest BCUT2D eigenvalue weighted by atomic mass is 16.6. The number of para-hydroxylation sites is 2. The van der Waals surface area contributed by atoms with Gasteiger partial charge in [0.05, 0.1) is 0 Å². The zero-order chi connectivity index (χ0) is 22.9. The van der Waals surface area contributed by atoms with Crippen LogP contribution < -0.4 is 14.4 Å². The monoisotopic (exact) mass is 449 g/mol. The molecule has 1 fully saturated rings. The Labute approximate surface area is 192 Å². The molecule has 1 aromatic carbocycles. The summed E-state index contributed by atoms with van der Waals surface area (Å²) in [7, 11) is 0. The molecule has 1 amide bonds. The predicted octanol–water partition coefficient (Wildman–Crippen LogP) is 3.13. The molecule has 2 aliphatic heterocycles. The predicted molar refractivity (Wildman–Crippen MR) is 121 cm³/mol. The number of hydrogen-bond donors (Lipinski definition) is 0. The Bertz CT molecular complexity index is 1120. The van der Waals surface area contributed by atoms with Crippen molar-refractivity contribution < 1.29 is 18.8 Å². The summed E-state index contributed by atoms with van der Waals surface area (Å²) in [5.41, 5.74) is 0.812. The van der Waals surface area contributed by atoms with E-state index in [1.54, 1.807) is 6.20 Å². The first-order valence-corrected chi connectivity index (χ1v) is 11.3. The Hall–Kier alpha value is -3.62. The number of fused-ring (bicyclic) bond motifs is 1. The first-order valence-electron chi connectivity index (χ1n) is 11.3. The second kappa shape index (κ2) is 8.73. The molecule has 9 heteroatoms. The Morgan fingerprint density at radius 1 is 1.03 bits per heavy atom. The van der Waals surface area contributed by atoms with Gasteiger partial charge in [0, 0.05) is 43.9 Å². The van der Waals surface area contributed by atoms with Crippen LogP contribution in [0.25, 0.3) is 11.4 Å². The van der Waals surface area contributed by atoms with Crippen LogP contribution in [0.15, 0.2) is 47.1 Å². The summed E-state index contributed by atoms with van der Waals surface area (Å²) in [5.74, 6) is 3.43. The zero-order valence-corrected chi connectivity index (χ0v) is 19.0. The maximum Gasteiger partial charge on any atom is 0.267 e. The van der Waals surface area contributed by atoms with Crippen LogP contribution in [0.2, 0.25) is 0 Å². The van der Waals surface area contributed by atoms with Crippen molar-refractivity contribution in [2.75, 3.05) is 31.1 Å². The van der Waals surface area contributed by atoms with Crippen LogP contribution in [0.5, 0.6) is 11.5 Å². The number of hydrogen-bond acceptors (Lipinski definition) is 8. The smallest absolute Gasteiger partial charge is 0.267 e. The van der Waals surface area contributed by atoms with E-state index in [0.717, 1.165) is 11.4 Å². The molecule has 9 nitrogen and oxygen atoms in total. The number of rotatable bonds is 4. The van der Waals surface area contributed by atoms with Gasteiger partial charge in [-0.3, -0.25) is 4.79 Å². The normalized spacial score (nSPS) is 20.2. The fourth-order valence-electron chi connectivity index (χ4n) is 4.02. The second-order valence-electron chi connectivity index (χ2n) is 8.64. The number of anilines is 1. The van der Waals surface area contributed by atoms with Gasteiger partial charge in [0.15, 0.2) is 11.5 Å². The van der Waals surface area contributed by atoms with Crippen LogP contribution in [0, 0.1) is 0 Å². The fourth-order valence-corrected chi connectivity index (χ4v) is 4.02. The van der Waals surface area contributed by atoms with Crippen molar-refractivity contribution in [3.63, 3.8) is 0 Å². The SMILES string of the molecule is CC(C)c1nc(-c2ccc(N3CCN(C(=O)C4Oc5ccccc5OC4C)CC3)nc2)no1. The number of aromatic nitrogens is 3. The molecule has 2 atom stereocenters. The van der Waals surface area contributed by atoms with Gasteiger partial charge in [0.25, 0.3) is 5.91 Å². The minimum Gasteiger partial charge on any atom is -0.482 e. The molecule has 0 radical (unpaired) electrons. The molecule has 0 N–H and O–H groups in total. The van der Waals surface area contributed by atoms with Gasteiger partial charge >= 0.3 is 0 Å². The first-order chi connectivity index (χ1) is 16.0. The summed E-state index contributed by atoms with van der Waals surface area (Å²) in [6.07, 6.45) is 0.768. The molecule has 0 saturated carbocycles. The number of ether oxygens (including phenoxy) is 2. The Kier molecular flexibility index (Phi) is 5.62. The van der Waals surface area contributed by atoms with Crippen LogP contribution in [-0.4, -0.2) is 64.3 Å². The number of benzene rings is 1. The minimum absolute atomic E-state index is 0.0435. The quantitative estimate of drug-likeness (QED) is 0.600. The van der Waals surface area contributed by atoms with Crippen LogP contribution in [0.1, 0.15) is 32.6 Å². The molecule has 0 aliphatic carbocycles. The largest absolute Gasteiger partial charge is 0.482 e. The van der Waals surface area contributed by atoms with Gasteiger partial charge in [-0.05, 0) is 31.2 Å². The molecular weight excluding hydrogens is 422 g/mol. The minimum atomic E-state index is -0.644. The highest BCUT2D eigenvalue weighted by molar-refractivity contribution is 5.82. The van der Waals surface area contributed by atoms with Gasteiger partial charge in [-0.1, -0.05) is 31.1 Å². The van der Waals surface area contributed by atoms with Crippen molar-refractivity contribution >= 4 is 11.7 Å². The summed E-state index contributed by atoms with van der Waals surface area (Å²) >= 11 is 0. The van der Waals surface area contributed by atoms with Crippen molar-refractivity contribution in [2.45, 2.75) is 38.9 Å². The van der Waals surface area contributed by atoms with E-state index in [1.165, 1.54) is 0 Å². The molecule has 172 valence electrons. The van der Waals surface area contributed by atoms with Gasteiger partial charge in [-0.25, -0.2) is 4.98 Å². The van der Waals surface area contributed by atoms with Crippen molar-refractivity contribution in [3.8, 4) is 22.9 Å². The van der Waals surface area contributed by atoms with E-state index >= 15 is 0 Å². The summed E-state index contributed by atoms with van der Waals surface area (Å²) in [6.45, 7) is 8.46. The van der Waals surface area contributed by atoms with Crippen molar-refractivity contribution in [1.29, 1.82) is 0 Å². The third kappa shape index (κ3) is 4.22. The Morgan fingerprint density at radius 2 is 1.76 bits per heavy atom. The Balaban J connectivity index is 1.20. The van der Waals surface area contributed by atoms with Crippen molar-refractivity contribution in [2.24, 2.45) is 0 Å². The van der Waals surface area contributed by atoms with Gasteiger partial charge in [0.2, 0.25) is 17.8 Å². The van der Waals surface area contributed by atoms with E-state index in [-0.39, 0.29) is 17.9 Å². The lowest BCUT2D eigenvalue weighted by atomic mass is 10.1. The summed E-state index contributed by atoms with van der Waals surface area (Å²) in [5, 5.41) is 4.04. The molecular formula is C24H27N5O4. The highest BCUT2D eigenvalue weighted by Gasteiger charge is 2.37. The van der Waals surface area contributed by atoms with Gasteiger partial charge in [0.1, 0.15) is 11.9 Å². The van der Waals surface area contributed by atoms with E-state index in [0.29, 0.717) is 49.4 Å². The molecule has 5 rings (SSSR count). The lowest BCUT2D eigenvalue weighted by Gasteiger charge is -2.39. The molecule has 2 aliphatic rings. The molecule has 33 heavy (non-hydrogen) atoms. The summed E-state index contributed by atoms with van der Waals surface area (Å²) in [4.78, 5) is 26.1. The van der Waals surface area contributed by atoms with Gasteiger partial charge < -0.3 is 23.8 Å². The fraction of sp³-hybridized carbons (Fsp3) is 0.417. The summed E-state index contributed by atoms with van der Waals surface area (Å²) in [6, 6.07) is 11.3. The molecule has 4 heterocycles. The number of carbonyl (C=O) groups is 1. The number of nitrogens with zero attached hydrogens (tertiary/aromatic N) is 5. The molecule has 2 aromatic heterocycles. The summed E-state index contributed by atoms with van der Waals surface area (Å²) < 4.78 is 17.2. The highest BCUT2D eigenvalue weighted by Crippen LogP contribution is 2.34. The van der Waals surface area contributed by atoms with Crippen LogP contribution in [0.3, 0.4) is 0 Å². The van der Waals surface area contributed by atoms with E-state index in [4.69, 9.17) is 14.0 Å². The number of piperazine rings is 1. The van der Waals surface area contributed by atoms with Crippen LogP contribution in [0.4, 0.5) is 5.82 Å².